The Balaban J connectivity index is 1.50. The lowest BCUT2D eigenvalue weighted by atomic mass is 10.0. The summed E-state index contributed by atoms with van der Waals surface area (Å²) in [4.78, 5) is 41.6. The average Bonchev–Trinajstić information content (AvgIpc) is 2.88. The second kappa shape index (κ2) is 12.5. The normalized spacial score (nSPS) is 11.6. The van der Waals surface area contributed by atoms with Crippen molar-refractivity contribution >= 4 is 22.8 Å². The van der Waals surface area contributed by atoms with Gasteiger partial charge in [0, 0.05) is 19.0 Å². The van der Waals surface area contributed by atoms with E-state index in [1.807, 2.05) is 37.3 Å². The Bertz CT molecular complexity index is 1210. The maximum absolute atomic E-state index is 12.8. The third kappa shape index (κ3) is 6.81. The predicted molar refractivity (Wildman–Crippen MR) is 132 cm³/mol. The van der Waals surface area contributed by atoms with E-state index in [0.29, 0.717) is 28.8 Å². The lowest BCUT2D eigenvalue weighted by Crippen LogP contribution is -2.32. The summed E-state index contributed by atoms with van der Waals surface area (Å²) in [7, 11) is 3.01. The van der Waals surface area contributed by atoms with Gasteiger partial charge in [0.05, 0.1) is 37.5 Å². The number of carbonyl (C=O) groups excluding carboxylic acids is 2. The van der Waals surface area contributed by atoms with Gasteiger partial charge in [-0.3, -0.25) is 19.0 Å². The first-order valence-electron chi connectivity index (χ1n) is 11.6. The maximum atomic E-state index is 12.8. The molecule has 0 aliphatic rings. The lowest BCUT2D eigenvalue weighted by Gasteiger charge is -2.18. The molecular formula is C26H31N3O6. The van der Waals surface area contributed by atoms with Gasteiger partial charge in [-0.15, -0.1) is 0 Å². The number of fused-ring (bicyclic) bond motifs is 1. The van der Waals surface area contributed by atoms with Crippen molar-refractivity contribution < 1.29 is 23.8 Å². The zero-order chi connectivity index (χ0) is 25.2. The first kappa shape index (κ1) is 25.7. The Morgan fingerprint density at radius 1 is 1.09 bits per heavy atom. The van der Waals surface area contributed by atoms with Crippen LogP contribution in [0.1, 0.15) is 44.2 Å². The number of aryl methyl sites for hydroxylation is 1. The van der Waals surface area contributed by atoms with E-state index in [9.17, 15) is 14.4 Å². The Morgan fingerprint density at radius 3 is 2.49 bits per heavy atom. The molecule has 1 amide bonds. The minimum atomic E-state index is -0.500. The monoisotopic (exact) mass is 481 g/mol. The van der Waals surface area contributed by atoms with E-state index < -0.39 is 5.97 Å². The molecule has 1 aromatic heterocycles. The van der Waals surface area contributed by atoms with Gasteiger partial charge >= 0.3 is 5.97 Å². The number of esters is 1. The van der Waals surface area contributed by atoms with Crippen LogP contribution in [0.25, 0.3) is 10.9 Å². The number of benzene rings is 2. The van der Waals surface area contributed by atoms with Crippen LogP contribution in [0.3, 0.4) is 0 Å². The van der Waals surface area contributed by atoms with E-state index >= 15 is 0 Å². The molecule has 0 aliphatic carbocycles. The fourth-order valence-electron chi connectivity index (χ4n) is 3.79. The standard InChI is InChI=1S/C26H31N3O6/c1-4-9-20(18-10-6-5-7-11-18)28-24(30)16-35-25(31)12-8-13-29-17-27-21-15-23(34-3)22(33-2)14-19(21)26(29)32/h5-7,10-11,14-15,17,20H,4,8-9,12-13,16H2,1-3H3,(H,28,30). The van der Waals surface area contributed by atoms with Crippen molar-refractivity contribution in [2.75, 3.05) is 20.8 Å². The van der Waals surface area contributed by atoms with Gasteiger partial charge in [-0.1, -0.05) is 43.7 Å². The van der Waals surface area contributed by atoms with Crippen molar-refractivity contribution in [2.24, 2.45) is 0 Å². The van der Waals surface area contributed by atoms with Crippen LogP contribution in [0.5, 0.6) is 11.5 Å². The van der Waals surface area contributed by atoms with Crippen molar-refractivity contribution in [1.82, 2.24) is 14.9 Å². The van der Waals surface area contributed by atoms with Crippen molar-refractivity contribution in [3.05, 3.63) is 64.7 Å². The summed E-state index contributed by atoms with van der Waals surface area (Å²) in [6.45, 7) is 1.99. The number of carbonyl (C=O) groups is 2. The van der Waals surface area contributed by atoms with Gasteiger partial charge in [0.15, 0.2) is 18.1 Å². The lowest BCUT2D eigenvalue weighted by molar-refractivity contribution is -0.148. The quantitative estimate of drug-likeness (QED) is 0.395. The molecule has 0 aliphatic heterocycles. The van der Waals surface area contributed by atoms with Crippen LogP contribution in [0.15, 0.2) is 53.6 Å². The molecule has 0 saturated carbocycles. The third-order valence-electron chi connectivity index (χ3n) is 5.59. The number of hydrogen-bond donors (Lipinski definition) is 1. The van der Waals surface area contributed by atoms with Crippen molar-refractivity contribution in [3.63, 3.8) is 0 Å². The van der Waals surface area contributed by atoms with Gasteiger partial charge < -0.3 is 19.5 Å². The van der Waals surface area contributed by atoms with Crippen LogP contribution in [0.2, 0.25) is 0 Å². The highest BCUT2D eigenvalue weighted by atomic mass is 16.5. The molecule has 3 rings (SSSR count). The van der Waals surface area contributed by atoms with Gasteiger partial charge in [0.2, 0.25) is 0 Å². The zero-order valence-corrected chi connectivity index (χ0v) is 20.3. The molecule has 0 saturated heterocycles. The summed E-state index contributed by atoms with van der Waals surface area (Å²) in [6, 6.07) is 12.8. The number of ether oxygens (including phenoxy) is 3. The van der Waals surface area contributed by atoms with Crippen LogP contribution < -0.4 is 20.3 Å². The topological polar surface area (TPSA) is 109 Å². The summed E-state index contributed by atoms with van der Waals surface area (Å²) < 4.78 is 17.1. The third-order valence-corrected chi connectivity index (χ3v) is 5.59. The summed E-state index contributed by atoms with van der Waals surface area (Å²) >= 11 is 0. The molecular weight excluding hydrogens is 450 g/mol. The van der Waals surface area contributed by atoms with Gasteiger partial charge in [-0.05, 0) is 24.5 Å². The SMILES string of the molecule is CCCC(NC(=O)COC(=O)CCCn1cnc2cc(OC)c(OC)cc2c1=O)c1ccccc1. The van der Waals surface area contributed by atoms with Crippen LogP contribution in [0, 0.1) is 0 Å². The number of nitrogens with one attached hydrogen (secondary N) is 1. The summed E-state index contributed by atoms with van der Waals surface area (Å²) in [6.07, 6.45) is 3.57. The van der Waals surface area contributed by atoms with Gasteiger partial charge in [-0.25, -0.2) is 4.98 Å². The molecule has 1 N–H and O–H groups in total. The van der Waals surface area contributed by atoms with Gasteiger partial charge in [-0.2, -0.15) is 0 Å². The number of hydrogen-bond acceptors (Lipinski definition) is 7. The first-order valence-corrected chi connectivity index (χ1v) is 11.6. The molecule has 9 heteroatoms. The van der Waals surface area contributed by atoms with Crippen LogP contribution >= 0.6 is 0 Å². The fourth-order valence-corrected chi connectivity index (χ4v) is 3.79. The zero-order valence-electron chi connectivity index (χ0n) is 20.3. The van der Waals surface area contributed by atoms with Crippen LogP contribution in [-0.2, 0) is 20.9 Å². The van der Waals surface area contributed by atoms with E-state index in [1.54, 1.807) is 12.1 Å². The Labute approximate surface area is 204 Å². The summed E-state index contributed by atoms with van der Waals surface area (Å²) in [5.41, 5.74) is 1.26. The van der Waals surface area contributed by atoms with Crippen molar-refractivity contribution in [1.29, 1.82) is 0 Å². The second-order valence-corrected chi connectivity index (χ2v) is 8.05. The minimum Gasteiger partial charge on any atom is -0.493 e. The molecule has 0 bridgehead atoms. The van der Waals surface area contributed by atoms with Crippen LogP contribution in [-0.4, -0.2) is 42.3 Å². The van der Waals surface area contributed by atoms with Crippen molar-refractivity contribution in [3.8, 4) is 11.5 Å². The van der Waals surface area contributed by atoms with E-state index in [2.05, 4.69) is 10.3 Å². The number of nitrogens with zero attached hydrogens (tertiary/aromatic N) is 2. The average molecular weight is 482 g/mol. The highest BCUT2D eigenvalue weighted by molar-refractivity contribution is 5.82. The number of methoxy groups -OCH3 is 2. The van der Waals surface area contributed by atoms with E-state index in [1.165, 1.54) is 25.1 Å². The van der Waals surface area contributed by atoms with Crippen molar-refractivity contribution in [2.45, 2.75) is 45.2 Å². The molecule has 0 fully saturated rings. The van der Waals surface area contributed by atoms with E-state index in [-0.39, 0.29) is 37.1 Å². The molecule has 2 aromatic carbocycles. The summed E-state index contributed by atoms with van der Waals surface area (Å²) in [5, 5.41) is 3.32. The molecule has 0 spiro atoms. The Morgan fingerprint density at radius 2 is 1.80 bits per heavy atom. The largest absolute Gasteiger partial charge is 0.493 e. The molecule has 3 aromatic rings. The fraction of sp³-hybridized carbons (Fsp3) is 0.385. The highest BCUT2D eigenvalue weighted by Gasteiger charge is 2.15. The van der Waals surface area contributed by atoms with E-state index in [4.69, 9.17) is 14.2 Å². The highest BCUT2D eigenvalue weighted by Crippen LogP contribution is 2.29. The first-order chi connectivity index (χ1) is 17.0. The minimum absolute atomic E-state index is 0.0702. The predicted octanol–water partition coefficient (Wildman–Crippen LogP) is 3.39. The molecule has 1 atom stereocenters. The second-order valence-electron chi connectivity index (χ2n) is 8.05. The molecule has 35 heavy (non-hydrogen) atoms. The number of aromatic nitrogens is 2. The molecule has 9 nitrogen and oxygen atoms in total. The number of rotatable bonds is 12. The number of amides is 1. The Hall–Kier alpha value is -3.88. The molecule has 1 unspecified atom stereocenters. The molecule has 1 heterocycles. The molecule has 186 valence electrons. The van der Waals surface area contributed by atoms with Crippen LogP contribution in [0.4, 0.5) is 0 Å². The maximum Gasteiger partial charge on any atom is 0.306 e. The van der Waals surface area contributed by atoms with Gasteiger partial charge in [0.25, 0.3) is 11.5 Å². The molecule has 0 radical (unpaired) electrons. The smallest absolute Gasteiger partial charge is 0.306 e. The van der Waals surface area contributed by atoms with Gasteiger partial charge in [0.1, 0.15) is 0 Å². The summed E-state index contributed by atoms with van der Waals surface area (Å²) in [5.74, 6) is 0.0771. The Kier molecular flexibility index (Phi) is 9.23. The van der Waals surface area contributed by atoms with E-state index in [0.717, 1.165) is 18.4 Å².